The maximum Gasteiger partial charge on any atom is 0.321 e. The van der Waals surface area contributed by atoms with Crippen molar-refractivity contribution in [2.75, 3.05) is 19.7 Å². The number of ether oxygens (including phenoxy) is 1. The van der Waals surface area contributed by atoms with Gasteiger partial charge in [0.05, 0.1) is 6.61 Å². The Bertz CT molecular complexity index is 536. The van der Waals surface area contributed by atoms with Crippen molar-refractivity contribution < 1.29 is 14.3 Å². The predicted molar refractivity (Wildman–Crippen MR) is 79.0 cm³/mol. The molecule has 1 N–H and O–H groups in total. The second-order valence-electron chi connectivity index (χ2n) is 5.59. The third-order valence-corrected chi connectivity index (χ3v) is 3.80. The summed E-state index contributed by atoms with van der Waals surface area (Å²) in [5.41, 5.74) is 1.62. The molecule has 114 valence electrons. The minimum atomic E-state index is -1.10. The van der Waals surface area contributed by atoms with Crippen LogP contribution < -0.4 is 5.32 Å². The Balaban J connectivity index is 2.35. The third-order valence-electron chi connectivity index (χ3n) is 3.80. The average molecular weight is 290 g/mol. The largest absolute Gasteiger partial charge is 0.465 e. The van der Waals surface area contributed by atoms with E-state index in [1.165, 1.54) is 0 Å². The zero-order valence-corrected chi connectivity index (χ0v) is 12.9. The topological polar surface area (TPSA) is 68.3 Å². The number of rotatable bonds is 4. The van der Waals surface area contributed by atoms with Crippen LogP contribution in [0.2, 0.25) is 0 Å². The van der Waals surface area contributed by atoms with Crippen LogP contribution in [0.5, 0.6) is 0 Å². The van der Waals surface area contributed by atoms with E-state index in [1.54, 1.807) is 6.92 Å². The number of Topliss-reactive ketones (excluding diaryl/α,β-unsaturated/α-hetero) is 1. The standard InChI is InChI=1S/C16H22N2O3/c1-4-21-15(20)16(10-17-6-5-14(16)19)9-13-7-11(2)18-12(3)8-13/h7-8,17H,4-6,9-10H2,1-3H3. The Morgan fingerprint density at radius 3 is 2.62 bits per heavy atom. The molecule has 1 aliphatic rings. The number of carbonyl (C=O) groups excluding carboxylic acids is 2. The summed E-state index contributed by atoms with van der Waals surface area (Å²) in [5.74, 6) is -0.457. The molecule has 5 heteroatoms. The zero-order chi connectivity index (χ0) is 15.5. The van der Waals surface area contributed by atoms with Crippen LogP contribution in [0.4, 0.5) is 0 Å². The van der Waals surface area contributed by atoms with Gasteiger partial charge in [0.2, 0.25) is 0 Å². The molecule has 1 saturated heterocycles. The van der Waals surface area contributed by atoms with E-state index < -0.39 is 11.4 Å². The van der Waals surface area contributed by atoms with E-state index in [9.17, 15) is 9.59 Å². The SMILES string of the molecule is CCOC(=O)C1(Cc2cc(C)nc(C)c2)CNCCC1=O. The number of hydrogen-bond acceptors (Lipinski definition) is 5. The second kappa shape index (κ2) is 6.35. The number of hydrogen-bond donors (Lipinski definition) is 1. The van der Waals surface area contributed by atoms with Crippen molar-refractivity contribution in [2.45, 2.75) is 33.6 Å². The van der Waals surface area contributed by atoms with Crippen LogP contribution in [-0.2, 0) is 20.7 Å². The molecule has 1 unspecified atom stereocenters. The molecule has 2 heterocycles. The fourth-order valence-electron chi connectivity index (χ4n) is 2.90. The molecule has 0 aromatic carbocycles. The fraction of sp³-hybridized carbons (Fsp3) is 0.562. The first-order valence-corrected chi connectivity index (χ1v) is 7.33. The highest BCUT2D eigenvalue weighted by Gasteiger charge is 2.48. The number of ketones is 1. The number of aryl methyl sites for hydroxylation is 2. The molecule has 0 bridgehead atoms. The van der Waals surface area contributed by atoms with E-state index in [-0.39, 0.29) is 12.4 Å². The van der Waals surface area contributed by atoms with E-state index >= 15 is 0 Å². The van der Waals surface area contributed by atoms with Crippen molar-refractivity contribution in [2.24, 2.45) is 5.41 Å². The van der Waals surface area contributed by atoms with Crippen molar-refractivity contribution in [3.05, 3.63) is 29.1 Å². The molecule has 5 nitrogen and oxygen atoms in total. The van der Waals surface area contributed by atoms with Gasteiger partial charge in [-0.25, -0.2) is 0 Å². The van der Waals surface area contributed by atoms with Gasteiger partial charge in [-0.05, 0) is 44.9 Å². The highest BCUT2D eigenvalue weighted by molar-refractivity contribution is 6.05. The van der Waals surface area contributed by atoms with Gasteiger partial charge < -0.3 is 10.1 Å². The summed E-state index contributed by atoms with van der Waals surface area (Å²) in [6.07, 6.45) is 0.726. The Labute approximate surface area is 125 Å². The first-order valence-electron chi connectivity index (χ1n) is 7.33. The van der Waals surface area contributed by atoms with Gasteiger partial charge >= 0.3 is 5.97 Å². The molecule has 0 amide bonds. The summed E-state index contributed by atoms with van der Waals surface area (Å²) in [4.78, 5) is 29.2. The molecule has 1 fully saturated rings. The van der Waals surface area contributed by atoms with Crippen LogP contribution in [0.1, 0.15) is 30.3 Å². The molecule has 1 aromatic rings. The quantitative estimate of drug-likeness (QED) is 0.670. The number of esters is 1. The predicted octanol–water partition coefficient (Wildman–Crippen LogP) is 1.35. The van der Waals surface area contributed by atoms with Crippen molar-refractivity contribution in [3.8, 4) is 0 Å². The lowest BCUT2D eigenvalue weighted by molar-refractivity contribution is -0.161. The molecule has 1 aliphatic heterocycles. The number of piperidine rings is 1. The monoisotopic (exact) mass is 290 g/mol. The molecule has 0 radical (unpaired) electrons. The number of aromatic nitrogens is 1. The van der Waals surface area contributed by atoms with Gasteiger partial charge in [0, 0.05) is 30.9 Å². The van der Waals surface area contributed by atoms with Crippen LogP contribution in [-0.4, -0.2) is 36.4 Å². The first-order chi connectivity index (χ1) is 9.98. The Hall–Kier alpha value is -1.75. The molecule has 21 heavy (non-hydrogen) atoms. The maximum atomic E-state index is 12.5. The summed E-state index contributed by atoms with van der Waals surface area (Å²) in [7, 11) is 0. The second-order valence-corrected chi connectivity index (χ2v) is 5.59. The van der Waals surface area contributed by atoms with Gasteiger partial charge in [0.15, 0.2) is 5.78 Å². The van der Waals surface area contributed by atoms with Crippen LogP contribution in [0.25, 0.3) is 0 Å². The lowest BCUT2D eigenvalue weighted by atomic mass is 9.74. The highest BCUT2D eigenvalue weighted by Crippen LogP contribution is 2.30. The molecule has 2 rings (SSSR count). The Kier molecular flexibility index (Phi) is 4.73. The summed E-state index contributed by atoms with van der Waals surface area (Å²) in [6, 6.07) is 3.85. The van der Waals surface area contributed by atoms with Crippen molar-refractivity contribution >= 4 is 11.8 Å². The number of nitrogens with one attached hydrogen (secondary N) is 1. The summed E-state index contributed by atoms with van der Waals surface area (Å²) in [5, 5.41) is 3.16. The Morgan fingerprint density at radius 1 is 1.38 bits per heavy atom. The molecular weight excluding hydrogens is 268 g/mol. The summed E-state index contributed by atoms with van der Waals surface area (Å²) < 4.78 is 5.17. The normalized spacial score (nSPS) is 22.1. The lowest BCUT2D eigenvalue weighted by Crippen LogP contribution is -2.54. The smallest absolute Gasteiger partial charge is 0.321 e. The molecule has 1 atom stereocenters. The molecule has 0 aliphatic carbocycles. The van der Waals surface area contributed by atoms with Gasteiger partial charge in [-0.1, -0.05) is 0 Å². The highest BCUT2D eigenvalue weighted by atomic mass is 16.5. The number of nitrogens with zero attached hydrogens (tertiary/aromatic N) is 1. The maximum absolute atomic E-state index is 12.5. The number of pyridine rings is 1. The van der Waals surface area contributed by atoms with Gasteiger partial charge in [-0.2, -0.15) is 0 Å². The fourth-order valence-corrected chi connectivity index (χ4v) is 2.90. The third kappa shape index (κ3) is 3.29. The van der Waals surface area contributed by atoms with E-state index in [4.69, 9.17) is 4.74 Å². The van der Waals surface area contributed by atoms with E-state index in [0.29, 0.717) is 25.9 Å². The van der Waals surface area contributed by atoms with Gasteiger partial charge in [0.25, 0.3) is 0 Å². The van der Waals surface area contributed by atoms with Gasteiger partial charge in [0.1, 0.15) is 5.41 Å². The molecule has 0 spiro atoms. The van der Waals surface area contributed by atoms with Gasteiger partial charge in [-0.3, -0.25) is 14.6 Å². The minimum Gasteiger partial charge on any atom is -0.465 e. The zero-order valence-electron chi connectivity index (χ0n) is 12.9. The summed E-state index contributed by atoms with van der Waals surface area (Å²) in [6.45, 7) is 6.82. The average Bonchev–Trinajstić information content (AvgIpc) is 2.40. The van der Waals surface area contributed by atoms with Gasteiger partial charge in [-0.15, -0.1) is 0 Å². The molecule has 1 aromatic heterocycles. The Morgan fingerprint density at radius 2 is 2.05 bits per heavy atom. The lowest BCUT2D eigenvalue weighted by Gasteiger charge is -2.34. The van der Waals surface area contributed by atoms with Crippen LogP contribution in [0.15, 0.2) is 12.1 Å². The molecule has 0 saturated carbocycles. The van der Waals surface area contributed by atoms with Crippen molar-refractivity contribution in [1.29, 1.82) is 0 Å². The van der Waals surface area contributed by atoms with E-state index in [1.807, 2.05) is 26.0 Å². The van der Waals surface area contributed by atoms with Crippen molar-refractivity contribution in [3.63, 3.8) is 0 Å². The van der Waals surface area contributed by atoms with Crippen molar-refractivity contribution in [1.82, 2.24) is 10.3 Å². The number of carbonyl (C=O) groups is 2. The van der Waals surface area contributed by atoms with E-state index in [2.05, 4.69) is 10.3 Å². The van der Waals surface area contributed by atoms with Crippen LogP contribution in [0, 0.1) is 19.3 Å². The van der Waals surface area contributed by atoms with Crippen LogP contribution in [0.3, 0.4) is 0 Å². The summed E-state index contributed by atoms with van der Waals surface area (Å²) >= 11 is 0. The minimum absolute atomic E-state index is 0.0354. The van der Waals surface area contributed by atoms with E-state index in [0.717, 1.165) is 17.0 Å². The first kappa shape index (κ1) is 15.6. The molecular formula is C16H22N2O3. The van der Waals surface area contributed by atoms with Crippen LogP contribution >= 0.6 is 0 Å².